The molecule has 1 aromatic carbocycles. The number of esters is 4. The van der Waals surface area contributed by atoms with E-state index in [1.165, 1.54) is 0 Å². The Bertz CT molecular complexity index is 1340. The molecule has 0 spiro atoms. The van der Waals surface area contributed by atoms with E-state index in [1.54, 1.807) is 113 Å². The van der Waals surface area contributed by atoms with E-state index >= 15 is 0 Å². The lowest BCUT2D eigenvalue weighted by Crippen LogP contribution is -2.52. The summed E-state index contributed by atoms with van der Waals surface area (Å²) in [6.07, 6.45) is -1.90. The van der Waals surface area contributed by atoms with E-state index < -0.39 is 109 Å². The number of benzene rings is 1. The fourth-order valence-corrected chi connectivity index (χ4v) is 4.37. The molecule has 1 aromatic rings. The molecule has 0 saturated carbocycles. The van der Waals surface area contributed by atoms with Crippen molar-refractivity contribution in [2.75, 3.05) is 26.2 Å². The number of amides is 3. The molecular weight excluding hydrogens is 678 g/mol. The lowest BCUT2D eigenvalue weighted by molar-refractivity contribution is -0.164. The number of hydrogen-bond acceptors (Lipinski definition) is 12. The third kappa shape index (κ3) is 20.9. The molecule has 1 rings (SSSR count). The number of carbonyl (C=O) groups is 7. The van der Waals surface area contributed by atoms with Gasteiger partial charge in [-0.3, -0.25) is 28.8 Å². The molecule has 0 aliphatic carbocycles. The molecule has 0 bridgehead atoms. The van der Waals surface area contributed by atoms with Crippen LogP contribution in [0.2, 0.25) is 0 Å². The maximum absolute atomic E-state index is 14.1. The summed E-state index contributed by atoms with van der Waals surface area (Å²) < 4.78 is 26.8. The number of alkyl carbamates (subject to hydrolysis) is 1. The van der Waals surface area contributed by atoms with Gasteiger partial charge in [0.1, 0.15) is 61.2 Å². The molecule has 0 heterocycles. The number of ether oxygens (including phenoxy) is 5. The second kappa shape index (κ2) is 19.2. The largest absolute Gasteiger partial charge is 0.459 e. The summed E-state index contributed by atoms with van der Waals surface area (Å²) in [5, 5.41) is 2.44. The molecule has 292 valence electrons. The molecule has 0 aliphatic heterocycles. The van der Waals surface area contributed by atoms with Crippen molar-refractivity contribution in [1.29, 1.82) is 0 Å². The number of rotatable bonds is 15. The summed E-state index contributed by atoms with van der Waals surface area (Å²) in [5.41, 5.74) is -2.95. The van der Waals surface area contributed by atoms with Crippen LogP contribution in [0.1, 0.15) is 101 Å². The highest BCUT2D eigenvalue weighted by Crippen LogP contribution is 2.15. The van der Waals surface area contributed by atoms with E-state index in [-0.39, 0.29) is 6.61 Å². The van der Waals surface area contributed by atoms with Gasteiger partial charge >= 0.3 is 30.0 Å². The van der Waals surface area contributed by atoms with Crippen molar-refractivity contribution in [1.82, 2.24) is 15.1 Å². The minimum Gasteiger partial charge on any atom is -0.459 e. The van der Waals surface area contributed by atoms with Crippen molar-refractivity contribution in [3.8, 4) is 0 Å². The fraction of sp³-hybridized carbons (Fsp3) is 0.649. The molecule has 0 aromatic heterocycles. The van der Waals surface area contributed by atoms with Crippen LogP contribution in [0.25, 0.3) is 0 Å². The van der Waals surface area contributed by atoms with Crippen LogP contribution in [0.4, 0.5) is 4.79 Å². The van der Waals surface area contributed by atoms with Crippen molar-refractivity contribution in [3.63, 3.8) is 0 Å². The second-order valence-electron chi connectivity index (χ2n) is 16.1. The van der Waals surface area contributed by atoms with Crippen LogP contribution >= 0.6 is 0 Å². The van der Waals surface area contributed by atoms with E-state index in [4.69, 9.17) is 23.7 Å². The summed E-state index contributed by atoms with van der Waals surface area (Å²) in [4.78, 5) is 93.7. The Balaban J connectivity index is 3.43. The Morgan fingerprint density at radius 1 is 0.577 bits per heavy atom. The van der Waals surface area contributed by atoms with Crippen molar-refractivity contribution < 1.29 is 57.2 Å². The summed E-state index contributed by atoms with van der Waals surface area (Å²) in [6.45, 7) is 16.9. The first kappa shape index (κ1) is 45.3. The van der Waals surface area contributed by atoms with Crippen molar-refractivity contribution in [2.45, 2.75) is 131 Å². The van der Waals surface area contributed by atoms with E-state index in [0.717, 1.165) is 9.80 Å². The predicted molar refractivity (Wildman–Crippen MR) is 189 cm³/mol. The first-order valence-electron chi connectivity index (χ1n) is 17.0. The van der Waals surface area contributed by atoms with Gasteiger partial charge < -0.3 is 38.8 Å². The SMILES string of the molecule is CC(C)(C)OC(=O)CN(CC(=O)OC(C)(C)C)C(=O)CCC(NC(=O)OCc1ccccc1)C(=O)N(CC(=O)OC(C)(C)C)CC(=O)OC(C)(C)C. The molecule has 0 aliphatic rings. The molecule has 1 atom stereocenters. The van der Waals surface area contributed by atoms with Crippen LogP contribution in [0, 0.1) is 0 Å². The summed E-state index contributed by atoms with van der Waals surface area (Å²) in [7, 11) is 0. The molecule has 0 saturated heterocycles. The Morgan fingerprint density at radius 2 is 0.942 bits per heavy atom. The fourth-order valence-electron chi connectivity index (χ4n) is 4.37. The predicted octanol–water partition coefficient (Wildman–Crippen LogP) is 4.09. The summed E-state index contributed by atoms with van der Waals surface area (Å²) >= 11 is 0. The topological polar surface area (TPSA) is 184 Å². The Hall–Kier alpha value is -4.69. The molecule has 0 radical (unpaired) electrons. The molecular formula is C37H57N3O12. The molecule has 15 heteroatoms. The zero-order valence-electron chi connectivity index (χ0n) is 32.7. The molecule has 3 amide bonds. The minimum absolute atomic E-state index is 0.147. The average molecular weight is 736 g/mol. The van der Waals surface area contributed by atoms with E-state index in [2.05, 4.69) is 5.32 Å². The zero-order chi connectivity index (χ0) is 40.1. The second-order valence-corrected chi connectivity index (χ2v) is 16.1. The number of nitrogens with zero attached hydrogens (tertiary/aromatic N) is 2. The van der Waals surface area contributed by atoms with Gasteiger partial charge in [-0.2, -0.15) is 0 Å². The Kier molecular flexibility index (Phi) is 16.8. The standard InChI is InChI=1S/C37H57N3O12/c1-34(2,3)49-28(42)20-39(21-29(43)50-35(4,5)6)27(41)19-18-26(38-33(47)48-24-25-16-14-13-15-17-25)32(46)40(22-30(44)51-36(7,8)9)23-31(45)52-37(10,11)12/h13-17,26H,18-24H2,1-12H3,(H,38,47). The van der Waals surface area contributed by atoms with Gasteiger partial charge in [0, 0.05) is 6.42 Å². The van der Waals surface area contributed by atoms with E-state index in [0.29, 0.717) is 5.56 Å². The molecule has 52 heavy (non-hydrogen) atoms. The van der Waals surface area contributed by atoms with Gasteiger partial charge in [-0.05, 0) is 95.1 Å². The summed E-state index contributed by atoms with van der Waals surface area (Å²) in [6, 6.07) is 7.21. The monoisotopic (exact) mass is 735 g/mol. The number of hydrogen-bond donors (Lipinski definition) is 1. The van der Waals surface area contributed by atoms with Crippen LogP contribution in [-0.2, 0) is 59.1 Å². The number of nitrogens with one attached hydrogen (secondary N) is 1. The first-order chi connectivity index (χ1) is 23.6. The average Bonchev–Trinajstić information content (AvgIpc) is 2.93. The van der Waals surface area contributed by atoms with Gasteiger partial charge in [0.25, 0.3) is 0 Å². The molecule has 1 N–H and O–H groups in total. The number of carbonyl (C=O) groups excluding carboxylic acids is 7. The Labute approximate surface area is 307 Å². The van der Waals surface area contributed by atoms with Gasteiger partial charge in [0.2, 0.25) is 11.8 Å². The minimum atomic E-state index is -1.53. The molecule has 1 unspecified atom stereocenters. The van der Waals surface area contributed by atoms with Gasteiger partial charge in [-0.15, -0.1) is 0 Å². The van der Waals surface area contributed by atoms with Crippen LogP contribution < -0.4 is 5.32 Å². The van der Waals surface area contributed by atoms with Crippen molar-refractivity contribution in [3.05, 3.63) is 35.9 Å². The van der Waals surface area contributed by atoms with Crippen molar-refractivity contribution >= 4 is 41.8 Å². The van der Waals surface area contributed by atoms with Gasteiger partial charge in [0.15, 0.2) is 0 Å². The van der Waals surface area contributed by atoms with Gasteiger partial charge in [-0.1, -0.05) is 30.3 Å². The van der Waals surface area contributed by atoms with E-state index in [1.807, 2.05) is 0 Å². The molecule has 0 fully saturated rings. The van der Waals surface area contributed by atoms with Crippen molar-refractivity contribution in [2.24, 2.45) is 0 Å². The highest BCUT2D eigenvalue weighted by atomic mass is 16.6. The van der Waals surface area contributed by atoms with Crippen LogP contribution in [0.15, 0.2) is 30.3 Å². The third-order valence-corrected chi connectivity index (χ3v) is 6.07. The quantitative estimate of drug-likeness (QED) is 0.201. The lowest BCUT2D eigenvalue weighted by atomic mass is 10.1. The van der Waals surface area contributed by atoms with Gasteiger partial charge in [0.05, 0.1) is 0 Å². The third-order valence-electron chi connectivity index (χ3n) is 6.07. The Morgan fingerprint density at radius 3 is 1.31 bits per heavy atom. The lowest BCUT2D eigenvalue weighted by Gasteiger charge is -2.30. The first-order valence-corrected chi connectivity index (χ1v) is 17.0. The van der Waals surface area contributed by atoms with Gasteiger partial charge in [-0.25, -0.2) is 4.79 Å². The summed E-state index contributed by atoms with van der Waals surface area (Å²) in [5.74, 6) is -4.94. The van der Waals surface area contributed by atoms with Crippen LogP contribution in [0.5, 0.6) is 0 Å². The highest BCUT2D eigenvalue weighted by molar-refractivity contribution is 5.92. The maximum Gasteiger partial charge on any atom is 0.408 e. The van der Waals surface area contributed by atoms with E-state index in [9.17, 15) is 33.6 Å². The highest BCUT2D eigenvalue weighted by Gasteiger charge is 2.34. The molecule has 15 nitrogen and oxygen atoms in total. The normalized spacial score (nSPS) is 12.5. The van der Waals surface area contributed by atoms with Crippen LogP contribution in [-0.4, -0.2) is 106 Å². The zero-order valence-corrected chi connectivity index (χ0v) is 32.7. The maximum atomic E-state index is 14.1. The smallest absolute Gasteiger partial charge is 0.408 e. The van der Waals surface area contributed by atoms with Crippen LogP contribution in [0.3, 0.4) is 0 Å².